The van der Waals surface area contributed by atoms with E-state index in [0.717, 1.165) is 19.4 Å². The summed E-state index contributed by atoms with van der Waals surface area (Å²) in [5.41, 5.74) is 0.542. The number of hydrogen-bond acceptors (Lipinski definition) is 4. The number of carbonyl (C=O) groups excluding carboxylic acids is 1. The van der Waals surface area contributed by atoms with E-state index in [1.165, 1.54) is 0 Å². The molecule has 0 spiro atoms. The van der Waals surface area contributed by atoms with E-state index in [4.69, 9.17) is 21.1 Å². The lowest BCUT2D eigenvalue weighted by molar-refractivity contribution is -0.120. The third-order valence-electron chi connectivity index (χ3n) is 3.40. The van der Waals surface area contributed by atoms with Crippen LogP contribution in [0.5, 0.6) is 11.5 Å². The highest BCUT2D eigenvalue weighted by Crippen LogP contribution is 2.36. The van der Waals surface area contributed by atoms with Gasteiger partial charge in [0.05, 0.1) is 30.8 Å². The molecule has 0 radical (unpaired) electrons. The van der Waals surface area contributed by atoms with Crippen molar-refractivity contribution in [3.8, 4) is 11.5 Å². The molecule has 2 N–H and O–H groups in total. The van der Waals surface area contributed by atoms with E-state index < -0.39 is 0 Å². The van der Waals surface area contributed by atoms with Gasteiger partial charge in [0.15, 0.2) is 11.5 Å². The molecule has 0 saturated carbocycles. The van der Waals surface area contributed by atoms with Crippen molar-refractivity contribution in [3.63, 3.8) is 0 Å². The maximum Gasteiger partial charge on any atom is 0.228 e. The lowest BCUT2D eigenvalue weighted by Crippen LogP contribution is -2.37. The number of hydrogen-bond donors (Lipinski definition) is 2. The van der Waals surface area contributed by atoms with Crippen LogP contribution >= 0.6 is 11.6 Å². The zero-order chi connectivity index (χ0) is 14.5. The number of carbonyl (C=O) groups is 1. The molecule has 1 heterocycles. The summed E-state index contributed by atoms with van der Waals surface area (Å²) in [5, 5.41) is 6.51. The molecule has 1 aliphatic rings. The first kappa shape index (κ1) is 14.9. The topological polar surface area (TPSA) is 59.6 Å². The van der Waals surface area contributed by atoms with Crippen molar-refractivity contribution in [1.82, 2.24) is 5.32 Å². The van der Waals surface area contributed by atoms with Crippen LogP contribution in [0, 0.1) is 5.92 Å². The molecule has 5 nitrogen and oxygen atoms in total. The summed E-state index contributed by atoms with van der Waals surface area (Å²) in [4.78, 5) is 12.2. The van der Waals surface area contributed by atoms with Gasteiger partial charge in [0.1, 0.15) is 0 Å². The largest absolute Gasteiger partial charge is 0.493 e. The summed E-state index contributed by atoms with van der Waals surface area (Å²) in [5.74, 6) is 1.03. The molecular formula is C14H19ClN2O3. The van der Waals surface area contributed by atoms with Crippen LogP contribution in [0.2, 0.25) is 5.02 Å². The number of nitrogens with one attached hydrogen (secondary N) is 2. The number of piperidine rings is 1. The lowest BCUT2D eigenvalue weighted by atomic mass is 9.99. The second-order valence-corrected chi connectivity index (χ2v) is 5.13. The number of halogens is 1. The minimum Gasteiger partial charge on any atom is -0.493 e. The van der Waals surface area contributed by atoms with Crippen LogP contribution in [-0.4, -0.2) is 33.2 Å². The van der Waals surface area contributed by atoms with E-state index in [1.807, 2.05) is 0 Å². The molecule has 20 heavy (non-hydrogen) atoms. The van der Waals surface area contributed by atoms with Gasteiger partial charge in [-0.3, -0.25) is 4.79 Å². The first-order chi connectivity index (χ1) is 9.65. The fraction of sp³-hybridized carbons (Fsp3) is 0.500. The Labute approximate surface area is 123 Å². The molecule has 1 saturated heterocycles. The minimum absolute atomic E-state index is 0.0205. The molecule has 0 aliphatic carbocycles. The summed E-state index contributed by atoms with van der Waals surface area (Å²) in [6.07, 6.45) is 1.90. The second-order valence-electron chi connectivity index (χ2n) is 4.72. The monoisotopic (exact) mass is 298 g/mol. The van der Waals surface area contributed by atoms with E-state index in [0.29, 0.717) is 28.8 Å². The molecule has 1 fully saturated rings. The zero-order valence-electron chi connectivity index (χ0n) is 11.7. The van der Waals surface area contributed by atoms with Gasteiger partial charge in [-0.2, -0.15) is 0 Å². The Hall–Kier alpha value is -1.46. The number of amides is 1. The van der Waals surface area contributed by atoms with Gasteiger partial charge in [0.2, 0.25) is 5.91 Å². The van der Waals surface area contributed by atoms with Crippen LogP contribution < -0.4 is 20.1 Å². The standard InChI is InChI=1S/C14H19ClN2O3/c1-19-12-6-10(15)11(7-13(12)20-2)17-14(18)9-4-3-5-16-8-9/h6-7,9,16H,3-5,8H2,1-2H3,(H,17,18). The summed E-state index contributed by atoms with van der Waals surface area (Å²) in [7, 11) is 3.09. The van der Waals surface area contributed by atoms with Crippen LogP contribution in [0.3, 0.4) is 0 Å². The van der Waals surface area contributed by atoms with Crippen LogP contribution in [0.1, 0.15) is 12.8 Å². The van der Waals surface area contributed by atoms with E-state index in [1.54, 1.807) is 26.4 Å². The van der Waals surface area contributed by atoms with Gasteiger partial charge in [-0.1, -0.05) is 11.6 Å². The Morgan fingerprint density at radius 3 is 2.65 bits per heavy atom. The van der Waals surface area contributed by atoms with Crippen molar-refractivity contribution in [2.75, 3.05) is 32.6 Å². The highest BCUT2D eigenvalue weighted by atomic mass is 35.5. The smallest absolute Gasteiger partial charge is 0.228 e. The number of rotatable bonds is 4. The molecule has 0 bridgehead atoms. The normalized spacial score (nSPS) is 18.4. The fourth-order valence-corrected chi connectivity index (χ4v) is 2.46. The van der Waals surface area contributed by atoms with Gasteiger partial charge in [0.25, 0.3) is 0 Å². The average molecular weight is 299 g/mol. The molecular weight excluding hydrogens is 280 g/mol. The third-order valence-corrected chi connectivity index (χ3v) is 3.71. The molecule has 110 valence electrons. The van der Waals surface area contributed by atoms with Crippen molar-refractivity contribution in [1.29, 1.82) is 0 Å². The molecule has 1 aromatic rings. The highest BCUT2D eigenvalue weighted by Gasteiger charge is 2.22. The molecule has 2 rings (SSSR count). The van der Waals surface area contributed by atoms with E-state index in [2.05, 4.69) is 10.6 Å². The van der Waals surface area contributed by atoms with Crippen molar-refractivity contribution >= 4 is 23.2 Å². The van der Waals surface area contributed by atoms with Crippen LogP contribution in [0.25, 0.3) is 0 Å². The van der Waals surface area contributed by atoms with Crippen LogP contribution in [0.4, 0.5) is 5.69 Å². The maximum atomic E-state index is 12.2. The zero-order valence-corrected chi connectivity index (χ0v) is 12.4. The van der Waals surface area contributed by atoms with E-state index in [-0.39, 0.29) is 11.8 Å². The summed E-state index contributed by atoms with van der Waals surface area (Å²) in [6.45, 7) is 1.68. The predicted octanol–water partition coefficient (Wildman–Crippen LogP) is 2.30. The van der Waals surface area contributed by atoms with Gasteiger partial charge >= 0.3 is 0 Å². The third kappa shape index (κ3) is 3.35. The van der Waals surface area contributed by atoms with Gasteiger partial charge < -0.3 is 20.1 Å². The molecule has 1 amide bonds. The Morgan fingerprint density at radius 2 is 2.05 bits per heavy atom. The molecule has 1 atom stereocenters. The molecule has 6 heteroatoms. The summed E-state index contributed by atoms with van der Waals surface area (Å²) >= 11 is 6.15. The van der Waals surface area contributed by atoms with Crippen molar-refractivity contribution in [2.45, 2.75) is 12.8 Å². The average Bonchev–Trinajstić information content (AvgIpc) is 2.49. The maximum absolute atomic E-state index is 12.2. The number of anilines is 1. The minimum atomic E-state index is -0.0219. The predicted molar refractivity (Wildman–Crippen MR) is 78.8 cm³/mol. The van der Waals surface area contributed by atoms with Crippen molar-refractivity contribution in [3.05, 3.63) is 17.2 Å². The second kappa shape index (κ2) is 6.81. The van der Waals surface area contributed by atoms with Gasteiger partial charge in [0, 0.05) is 18.7 Å². The molecule has 0 aromatic heterocycles. The Kier molecular flexibility index (Phi) is 5.09. The van der Waals surface area contributed by atoms with E-state index in [9.17, 15) is 4.79 Å². The first-order valence-electron chi connectivity index (χ1n) is 6.58. The first-order valence-corrected chi connectivity index (χ1v) is 6.96. The highest BCUT2D eigenvalue weighted by molar-refractivity contribution is 6.34. The number of methoxy groups -OCH3 is 2. The fourth-order valence-electron chi connectivity index (χ4n) is 2.26. The van der Waals surface area contributed by atoms with E-state index >= 15 is 0 Å². The summed E-state index contributed by atoms with van der Waals surface area (Å²) < 4.78 is 10.4. The molecule has 1 unspecified atom stereocenters. The SMILES string of the molecule is COc1cc(Cl)c(NC(=O)C2CCCNC2)cc1OC. The lowest BCUT2D eigenvalue weighted by Gasteiger charge is -2.22. The molecule has 1 aromatic carbocycles. The number of benzene rings is 1. The number of ether oxygens (including phenoxy) is 2. The van der Waals surface area contributed by atoms with Crippen LogP contribution in [0.15, 0.2) is 12.1 Å². The van der Waals surface area contributed by atoms with Gasteiger partial charge in [-0.25, -0.2) is 0 Å². The Balaban J connectivity index is 2.13. The van der Waals surface area contributed by atoms with Crippen molar-refractivity contribution in [2.24, 2.45) is 5.92 Å². The Bertz CT molecular complexity index is 488. The quantitative estimate of drug-likeness (QED) is 0.895. The molecule has 1 aliphatic heterocycles. The summed E-state index contributed by atoms with van der Waals surface area (Å²) in [6, 6.07) is 3.31. The van der Waals surface area contributed by atoms with Gasteiger partial charge in [-0.05, 0) is 19.4 Å². The van der Waals surface area contributed by atoms with Crippen molar-refractivity contribution < 1.29 is 14.3 Å². The van der Waals surface area contributed by atoms with Gasteiger partial charge in [-0.15, -0.1) is 0 Å². The van der Waals surface area contributed by atoms with Crippen LogP contribution in [-0.2, 0) is 4.79 Å². The Morgan fingerprint density at radius 1 is 1.35 bits per heavy atom.